The largest absolute Gasteiger partial charge is 0.392 e. The third kappa shape index (κ3) is 2.29. The van der Waals surface area contributed by atoms with E-state index in [1.54, 1.807) is 19.3 Å². The van der Waals surface area contributed by atoms with E-state index in [0.717, 1.165) is 5.56 Å². The molecular weight excluding hydrogens is 186 g/mol. The molecule has 0 aliphatic rings. The van der Waals surface area contributed by atoms with Crippen molar-refractivity contribution in [2.45, 2.75) is 0 Å². The van der Waals surface area contributed by atoms with Crippen molar-refractivity contribution in [3.05, 3.63) is 41.1 Å². The van der Waals surface area contributed by atoms with Crippen LogP contribution in [0.2, 0.25) is 5.02 Å². The Balaban J connectivity index is 3.12. The molecule has 0 radical (unpaired) electrons. The Labute approximate surface area is 81.9 Å². The van der Waals surface area contributed by atoms with Gasteiger partial charge >= 0.3 is 0 Å². The van der Waals surface area contributed by atoms with Crippen LogP contribution in [0.4, 0.5) is 0 Å². The summed E-state index contributed by atoms with van der Waals surface area (Å²) < 4.78 is 0. The van der Waals surface area contributed by atoms with Crippen molar-refractivity contribution >= 4 is 17.3 Å². The van der Waals surface area contributed by atoms with E-state index in [9.17, 15) is 0 Å². The molecule has 1 rings (SSSR count). The standard InChI is InChI=1S/C9H10ClN3/c1-12-6-9(13-11)7-4-2-3-5-8(7)10/h2-6,11-12H,1H3/b9-6-,13-11?. The van der Waals surface area contributed by atoms with Gasteiger partial charge in [0.15, 0.2) is 0 Å². The summed E-state index contributed by atoms with van der Waals surface area (Å²) in [6.07, 6.45) is 1.63. The van der Waals surface area contributed by atoms with E-state index in [0.29, 0.717) is 10.7 Å². The highest BCUT2D eigenvalue weighted by Crippen LogP contribution is 2.23. The van der Waals surface area contributed by atoms with Crippen molar-refractivity contribution < 1.29 is 0 Å². The average molecular weight is 196 g/mol. The smallest absolute Gasteiger partial charge is 0.109 e. The van der Waals surface area contributed by atoms with Crippen LogP contribution in [0.3, 0.4) is 0 Å². The third-order valence-corrected chi connectivity index (χ3v) is 1.88. The van der Waals surface area contributed by atoms with E-state index >= 15 is 0 Å². The van der Waals surface area contributed by atoms with Crippen molar-refractivity contribution in [1.29, 1.82) is 5.53 Å². The van der Waals surface area contributed by atoms with Crippen molar-refractivity contribution in [1.82, 2.24) is 5.32 Å². The van der Waals surface area contributed by atoms with Gasteiger partial charge in [-0.15, -0.1) is 0 Å². The van der Waals surface area contributed by atoms with Crippen LogP contribution in [-0.2, 0) is 0 Å². The van der Waals surface area contributed by atoms with E-state index in [2.05, 4.69) is 10.4 Å². The summed E-state index contributed by atoms with van der Waals surface area (Å²) in [5.41, 5.74) is 8.23. The fraction of sp³-hybridized carbons (Fsp3) is 0.111. The predicted molar refractivity (Wildman–Crippen MR) is 53.6 cm³/mol. The average Bonchev–Trinajstić information content (AvgIpc) is 2.16. The van der Waals surface area contributed by atoms with Gasteiger partial charge < -0.3 is 5.32 Å². The molecule has 1 aromatic rings. The summed E-state index contributed by atoms with van der Waals surface area (Å²) in [7, 11) is 1.75. The minimum Gasteiger partial charge on any atom is -0.392 e. The van der Waals surface area contributed by atoms with Crippen LogP contribution in [0.15, 0.2) is 35.6 Å². The van der Waals surface area contributed by atoms with Crippen molar-refractivity contribution in [2.75, 3.05) is 7.05 Å². The molecule has 0 aliphatic heterocycles. The van der Waals surface area contributed by atoms with Gasteiger partial charge in [0.2, 0.25) is 0 Å². The van der Waals surface area contributed by atoms with Gasteiger partial charge in [-0.05, 0) is 6.07 Å². The molecule has 0 bridgehead atoms. The number of nitrogens with one attached hydrogen (secondary N) is 2. The molecule has 2 N–H and O–H groups in total. The SMILES string of the molecule is CN/C=C(\N=N)c1ccccc1Cl. The Kier molecular flexibility index (Phi) is 3.46. The van der Waals surface area contributed by atoms with Gasteiger partial charge in [-0.1, -0.05) is 29.8 Å². The van der Waals surface area contributed by atoms with E-state index in [-0.39, 0.29) is 0 Å². The lowest BCUT2D eigenvalue weighted by Crippen LogP contribution is -1.95. The molecule has 3 nitrogen and oxygen atoms in total. The maximum Gasteiger partial charge on any atom is 0.109 e. The fourth-order valence-corrected chi connectivity index (χ4v) is 1.21. The summed E-state index contributed by atoms with van der Waals surface area (Å²) in [5, 5.41) is 6.78. The predicted octanol–water partition coefficient (Wildman–Crippen LogP) is 2.89. The zero-order chi connectivity index (χ0) is 9.68. The Bertz CT molecular complexity index is 333. The van der Waals surface area contributed by atoms with Crippen LogP contribution in [0.5, 0.6) is 0 Å². The first kappa shape index (κ1) is 9.74. The van der Waals surface area contributed by atoms with Crippen LogP contribution in [0.1, 0.15) is 5.56 Å². The quantitative estimate of drug-likeness (QED) is 0.716. The van der Waals surface area contributed by atoms with E-state index < -0.39 is 0 Å². The molecule has 13 heavy (non-hydrogen) atoms. The van der Waals surface area contributed by atoms with Gasteiger partial charge in [0.25, 0.3) is 0 Å². The van der Waals surface area contributed by atoms with Crippen LogP contribution >= 0.6 is 11.6 Å². The molecule has 0 saturated heterocycles. The van der Waals surface area contributed by atoms with E-state index in [4.69, 9.17) is 17.1 Å². The number of hydrogen-bond acceptors (Lipinski definition) is 3. The van der Waals surface area contributed by atoms with Crippen LogP contribution in [0, 0.1) is 5.53 Å². The molecule has 0 aliphatic carbocycles. The molecule has 0 unspecified atom stereocenters. The molecular formula is C9H10ClN3. The number of halogens is 1. The Morgan fingerprint density at radius 2 is 2.23 bits per heavy atom. The highest BCUT2D eigenvalue weighted by atomic mass is 35.5. The molecule has 0 atom stereocenters. The molecule has 0 heterocycles. The summed E-state index contributed by atoms with van der Waals surface area (Å²) in [4.78, 5) is 0. The van der Waals surface area contributed by atoms with Crippen LogP contribution in [-0.4, -0.2) is 7.05 Å². The lowest BCUT2D eigenvalue weighted by molar-refractivity contribution is 1.07. The van der Waals surface area contributed by atoms with E-state index in [1.165, 1.54) is 0 Å². The molecule has 1 aromatic carbocycles. The first-order valence-corrected chi connectivity index (χ1v) is 4.17. The van der Waals surface area contributed by atoms with Gasteiger partial charge in [-0.3, -0.25) is 0 Å². The molecule has 0 aromatic heterocycles. The fourth-order valence-electron chi connectivity index (χ4n) is 0.976. The van der Waals surface area contributed by atoms with Gasteiger partial charge in [-0.2, -0.15) is 5.11 Å². The number of hydrogen-bond donors (Lipinski definition) is 2. The lowest BCUT2D eigenvalue weighted by atomic mass is 10.2. The van der Waals surface area contributed by atoms with Crippen molar-refractivity contribution in [3.8, 4) is 0 Å². The van der Waals surface area contributed by atoms with Gasteiger partial charge in [-0.25, -0.2) is 5.53 Å². The molecule has 0 amide bonds. The molecule has 4 heteroatoms. The summed E-state index contributed by atoms with van der Waals surface area (Å²) >= 11 is 5.92. The van der Waals surface area contributed by atoms with E-state index in [1.807, 2.05) is 18.2 Å². The first-order valence-electron chi connectivity index (χ1n) is 3.79. The first-order chi connectivity index (χ1) is 6.29. The third-order valence-electron chi connectivity index (χ3n) is 1.55. The maximum absolute atomic E-state index is 6.96. The number of rotatable bonds is 3. The van der Waals surface area contributed by atoms with Gasteiger partial charge in [0.1, 0.15) is 5.70 Å². The second kappa shape index (κ2) is 4.62. The molecule has 0 fully saturated rings. The van der Waals surface area contributed by atoms with Crippen molar-refractivity contribution in [3.63, 3.8) is 0 Å². The Hall–Kier alpha value is -1.35. The minimum absolute atomic E-state index is 0.521. The second-order valence-corrected chi connectivity index (χ2v) is 2.82. The normalized spacial score (nSPS) is 11.1. The van der Waals surface area contributed by atoms with Gasteiger partial charge in [0, 0.05) is 18.8 Å². The summed E-state index contributed by atoms with van der Waals surface area (Å²) in [6, 6.07) is 7.29. The minimum atomic E-state index is 0.521. The Morgan fingerprint density at radius 3 is 2.77 bits per heavy atom. The number of benzene rings is 1. The molecule has 68 valence electrons. The maximum atomic E-state index is 6.96. The molecule has 0 saturated carbocycles. The van der Waals surface area contributed by atoms with Crippen LogP contribution in [0.25, 0.3) is 5.70 Å². The number of nitrogens with zero attached hydrogens (tertiary/aromatic N) is 1. The zero-order valence-electron chi connectivity index (χ0n) is 7.21. The van der Waals surface area contributed by atoms with Gasteiger partial charge in [0.05, 0.1) is 5.02 Å². The topological polar surface area (TPSA) is 48.2 Å². The zero-order valence-corrected chi connectivity index (χ0v) is 7.97. The second-order valence-electron chi connectivity index (χ2n) is 2.41. The highest BCUT2D eigenvalue weighted by molar-refractivity contribution is 6.32. The van der Waals surface area contributed by atoms with Crippen LogP contribution < -0.4 is 5.32 Å². The Morgan fingerprint density at radius 1 is 1.54 bits per heavy atom. The molecule has 0 spiro atoms. The highest BCUT2D eigenvalue weighted by Gasteiger charge is 2.03. The summed E-state index contributed by atoms with van der Waals surface area (Å²) in [6.45, 7) is 0. The lowest BCUT2D eigenvalue weighted by Gasteiger charge is -2.02. The monoisotopic (exact) mass is 195 g/mol. The van der Waals surface area contributed by atoms with Crippen molar-refractivity contribution in [2.24, 2.45) is 5.11 Å². The summed E-state index contributed by atoms with van der Waals surface area (Å²) in [5.74, 6) is 0.